The maximum atomic E-state index is 6.08. The third-order valence-electron chi connectivity index (χ3n) is 2.43. The molecule has 0 amide bonds. The number of rotatable bonds is 5. The molecule has 0 bridgehead atoms. The molecule has 2 aromatic rings. The van der Waals surface area contributed by atoms with Crippen molar-refractivity contribution in [3.63, 3.8) is 0 Å². The fraction of sp³-hybridized carbons (Fsp3) is 0.231. The van der Waals surface area contributed by atoms with Crippen molar-refractivity contribution >= 4 is 60.5 Å². The van der Waals surface area contributed by atoms with Crippen LogP contribution in [0.1, 0.15) is 11.8 Å². The summed E-state index contributed by atoms with van der Waals surface area (Å²) in [5, 5.41) is 6.09. The van der Waals surface area contributed by atoms with E-state index in [-0.39, 0.29) is 0 Å². The molecule has 1 aromatic heterocycles. The molecule has 102 valence electrons. The van der Waals surface area contributed by atoms with Gasteiger partial charge in [-0.2, -0.15) is 0 Å². The smallest absolute Gasteiger partial charge is 0.156 e. The lowest BCUT2D eigenvalue weighted by molar-refractivity contribution is 0.339. The van der Waals surface area contributed by atoms with Crippen molar-refractivity contribution in [1.29, 1.82) is 0 Å². The predicted molar refractivity (Wildman–Crippen MR) is 89.7 cm³/mol. The van der Waals surface area contributed by atoms with Gasteiger partial charge in [0.1, 0.15) is 0 Å². The van der Waals surface area contributed by atoms with E-state index in [4.69, 9.17) is 16.3 Å². The number of anilines is 1. The number of hydrogen-bond acceptors (Lipinski definition) is 3. The molecule has 0 saturated heterocycles. The lowest BCUT2D eigenvalue weighted by atomic mass is 10.3. The van der Waals surface area contributed by atoms with Crippen LogP contribution in [0.15, 0.2) is 32.5 Å². The van der Waals surface area contributed by atoms with Crippen molar-refractivity contribution in [2.75, 3.05) is 11.9 Å². The van der Waals surface area contributed by atoms with E-state index in [1.807, 2.05) is 25.1 Å². The summed E-state index contributed by atoms with van der Waals surface area (Å²) in [6.45, 7) is 3.30. The average molecular weight is 426 g/mol. The van der Waals surface area contributed by atoms with Crippen LogP contribution in [0, 0.1) is 0 Å². The summed E-state index contributed by atoms with van der Waals surface area (Å²) in [6, 6.07) is 5.75. The van der Waals surface area contributed by atoms with Crippen molar-refractivity contribution in [2.45, 2.75) is 13.5 Å². The first-order valence-electron chi connectivity index (χ1n) is 5.69. The van der Waals surface area contributed by atoms with Gasteiger partial charge in [-0.05, 0) is 62.4 Å². The molecule has 0 aliphatic carbocycles. The molecule has 0 aliphatic rings. The highest BCUT2D eigenvalue weighted by Crippen LogP contribution is 2.37. The zero-order valence-corrected chi connectivity index (χ0v) is 14.9. The first kappa shape index (κ1) is 15.2. The number of hydrogen-bond donors (Lipinski definition) is 1. The van der Waals surface area contributed by atoms with Gasteiger partial charge in [0.05, 0.1) is 23.3 Å². The molecule has 0 spiro atoms. The standard InChI is InChI=1S/C13H12Br2ClNOS/c1-2-18-13-10(15)5-8(16)6-11(13)17-7-12-9(14)3-4-19-12/h3-6,17H,2,7H2,1H3. The zero-order chi connectivity index (χ0) is 13.8. The molecular formula is C13H12Br2ClNOS. The predicted octanol–water partition coefficient (Wildman–Crippen LogP) is 5.94. The largest absolute Gasteiger partial charge is 0.491 e. The number of nitrogens with one attached hydrogen (secondary N) is 1. The highest BCUT2D eigenvalue weighted by Gasteiger charge is 2.11. The van der Waals surface area contributed by atoms with Gasteiger partial charge in [-0.3, -0.25) is 0 Å². The normalized spacial score (nSPS) is 10.5. The number of halogens is 3. The molecule has 2 rings (SSSR count). The summed E-state index contributed by atoms with van der Waals surface area (Å²) in [4.78, 5) is 1.23. The van der Waals surface area contributed by atoms with E-state index in [0.717, 1.165) is 26.9 Å². The van der Waals surface area contributed by atoms with Gasteiger partial charge in [-0.1, -0.05) is 11.6 Å². The van der Waals surface area contributed by atoms with Crippen LogP contribution in [-0.4, -0.2) is 6.61 Å². The minimum absolute atomic E-state index is 0.609. The number of ether oxygens (including phenoxy) is 1. The van der Waals surface area contributed by atoms with Crippen molar-refractivity contribution in [3.05, 3.63) is 42.4 Å². The second kappa shape index (κ2) is 6.97. The number of thiophene rings is 1. The van der Waals surface area contributed by atoms with E-state index in [1.165, 1.54) is 4.88 Å². The Morgan fingerprint density at radius 2 is 2.11 bits per heavy atom. The molecule has 0 atom stereocenters. The van der Waals surface area contributed by atoms with Crippen molar-refractivity contribution < 1.29 is 4.74 Å². The molecule has 1 heterocycles. The summed E-state index contributed by atoms with van der Waals surface area (Å²) in [5.41, 5.74) is 0.890. The Labute approximate surface area is 138 Å². The molecule has 1 aromatic carbocycles. The van der Waals surface area contributed by atoms with Gasteiger partial charge in [0.15, 0.2) is 5.75 Å². The third kappa shape index (κ3) is 3.88. The highest BCUT2D eigenvalue weighted by molar-refractivity contribution is 9.10. The van der Waals surface area contributed by atoms with Crippen molar-refractivity contribution in [3.8, 4) is 5.75 Å². The lowest BCUT2D eigenvalue weighted by Gasteiger charge is -2.14. The SMILES string of the molecule is CCOc1c(Br)cc(Cl)cc1NCc1sccc1Br. The fourth-order valence-electron chi connectivity index (χ4n) is 1.61. The second-order valence-electron chi connectivity index (χ2n) is 3.74. The van der Waals surface area contributed by atoms with E-state index in [1.54, 1.807) is 11.3 Å². The van der Waals surface area contributed by atoms with Gasteiger partial charge in [0.2, 0.25) is 0 Å². The lowest BCUT2D eigenvalue weighted by Crippen LogP contribution is -2.02. The van der Waals surface area contributed by atoms with Gasteiger partial charge in [0, 0.05) is 14.4 Å². The van der Waals surface area contributed by atoms with E-state index in [9.17, 15) is 0 Å². The Kier molecular flexibility index (Phi) is 5.57. The minimum Gasteiger partial charge on any atom is -0.491 e. The van der Waals surface area contributed by atoms with E-state index in [0.29, 0.717) is 11.6 Å². The molecule has 6 heteroatoms. The van der Waals surface area contributed by atoms with Gasteiger partial charge < -0.3 is 10.1 Å². The average Bonchev–Trinajstić information content (AvgIpc) is 2.76. The van der Waals surface area contributed by atoms with Crippen molar-refractivity contribution in [1.82, 2.24) is 0 Å². The van der Waals surface area contributed by atoms with Crippen LogP contribution >= 0.6 is 54.8 Å². The van der Waals surface area contributed by atoms with Gasteiger partial charge in [0.25, 0.3) is 0 Å². The van der Waals surface area contributed by atoms with Crippen LogP contribution in [0.5, 0.6) is 5.75 Å². The van der Waals surface area contributed by atoms with Crippen LogP contribution in [-0.2, 0) is 6.54 Å². The molecule has 0 fully saturated rings. The zero-order valence-electron chi connectivity index (χ0n) is 10.2. The summed E-state index contributed by atoms with van der Waals surface area (Å²) >= 11 is 14.8. The van der Waals surface area contributed by atoms with Crippen LogP contribution in [0.3, 0.4) is 0 Å². The Morgan fingerprint density at radius 3 is 2.74 bits per heavy atom. The van der Waals surface area contributed by atoms with Crippen LogP contribution in [0.25, 0.3) is 0 Å². The quantitative estimate of drug-likeness (QED) is 0.640. The minimum atomic E-state index is 0.609. The van der Waals surface area contributed by atoms with Gasteiger partial charge >= 0.3 is 0 Å². The molecule has 0 aliphatic heterocycles. The molecule has 0 saturated carbocycles. The van der Waals surface area contributed by atoms with Crippen LogP contribution < -0.4 is 10.1 Å². The number of benzene rings is 1. The molecular weight excluding hydrogens is 413 g/mol. The van der Waals surface area contributed by atoms with Crippen LogP contribution in [0.4, 0.5) is 5.69 Å². The van der Waals surface area contributed by atoms with Gasteiger partial charge in [-0.25, -0.2) is 0 Å². The van der Waals surface area contributed by atoms with Crippen LogP contribution in [0.2, 0.25) is 5.02 Å². The van der Waals surface area contributed by atoms with E-state index < -0.39 is 0 Å². The maximum Gasteiger partial charge on any atom is 0.156 e. The summed E-state index contributed by atoms with van der Waals surface area (Å²) < 4.78 is 7.62. The van der Waals surface area contributed by atoms with Crippen molar-refractivity contribution in [2.24, 2.45) is 0 Å². The third-order valence-corrected chi connectivity index (χ3v) is 5.16. The molecule has 1 N–H and O–H groups in total. The maximum absolute atomic E-state index is 6.08. The Hall–Kier alpha value is -0.230. The van der Waals surface area contributed by atoms with E-state index >= 15 is 0 Å². The Bertz CT molecular complexity index is 574. The molecule has 19 heavy (non-hydrogen) atoms. The monoisotopic (exact) mass is 423 g/mol. The first-order chi connectivity index (χ1) is 9.11. The fourth-order valence-corrected chi connectivity index (χ4v) is 3.97. The summed E-state index contributed by atoms with van der Waals surface area (Å²) in [7, 11) is 0. The molecule has 0 radical (unpaired) electrons. The van der Waals surface area contributed by atoms with E-state index in [2.05, 4.69) is 42.6 Å². The Morgan fingerprint density at radius 1 is 1.32 bits per heavy atom. The van der Waals surface area contributed by atoms with Gasteiger partial charge in [-0.15, -0.1) is 11.3 Å². The molecule has 0 unspecified atom stereocenters. The second-order valence-corrected chi connectivity index (χ2v) is 6.89. The first-order valence-corrected chi connectivity index (χ1v) is 8.53. The highest BCUT2D eigenvalue weighted by atomic mass is 79.9. The molecule has 2 nitrogen and oxygen atoms in total. The summed E-state index contributed by atoms with van der Waals surface area (Å²) in [5.74, 6) is 0.791. The Balaban J connectivity index is 2.21. The topological polar surface area (TPSA) is 21.3 Å². The summed E-state index contributed by atoms with van der Waals surface area (Å²) in [6.07, 6.45) is 0.